The molecule has 1 aromatic carbocycles. The third kappa shape index (κ3) is 3.45. The molecule has 122 valence electrons. The van der Waals surface area contributed by atoms with Crippen LogP contribution in [0.15, 0.2) is 55.0 Å². The van der Waals surface area contributed by atoms with E-state index in [1.807, 2.05) is 6.07 Å². The van der Waals surface area contributed by atoms with Gasteiger partial charge in [0, 0.05) is 24.5 Å². The zero-order valence-corrected chi connectivity index (χ0v) is 13.1. The first-order valence-electron chi connectivity index (χ1n) is 7.48. The Morgan fingerprint density at radius 2 is 2.12 bits per heavy atom. The van der Waals surface area contributed by atoms with Crippen molar-refractivity contribution < 1.29 is 9.18 Å². The fourth-order valence-electron chi connectivity index (χ4n) is 2.30. The van der Waals surface area contributed by atoms with Crippen molar-refractivity contribution in [2.24, 2.45) is 0 Å². The summed E-state index contributed by atoms with van der Waals surface area (Å²) < 4.78 is 15.3. The lowest BCUT2D eigenvalue weighted by molar-refractivity contribution is 0.0946. The molecule has 2 heterocycles. The molecule has 0 spiro atoms. The molecule has 3 aromatic rings. The van der Waals surface area contributed by atoms with Gasteiger partial charge in [-0.2, -0.15) is 0 Å². The molecule has 1 N–H and O–H groups in total. The quantitative estimate of drug-likeness (QED) is 0.781. The average Bonchev–Trinajstić information content (AvgIpc) is 3.10. The zero-order valence-electron chi connectivity index (χ0n) is 13.1. The fraction of sp³-hybridized carbons (Fsp3) is 0.176. The molecule has 0 radical (unpaired) electrons. The molecule has 24 heavy (non-hydrogen) atoms. The van der Waals surface area contributed by atoms with Gasteiger partial charge in [0.1, 0.15) is 5.82 Å². The third-order valence-electron chi connectivity index (χ3n) is 3.67. The number of aromatic nitrogens is 4. The number of hydrogen-bond donors (Lipinski definition) is 1. The summed E-state index contributed by atoms with van der Waals surface area (Å²) in [6, 6.07) is 9.77. The Morgan fingerprint density at radius 1 is 1.29 bits per heavy atom. The highest BCUT2D eigenvalue weighted by Crippen LogP contribution is 2.19. The van der Waals surface area contributed by atoms with Gasteiger partial charge in [-0.3, -0.25) is 9.78 Å². The second-order valence-electron chi connectivity index (χ2n) is 5.33. The highest BCUT2D eigenvalue weighted by atomic mass is 19.1. The van der Waals surface area contributed by atoms with Crippen molar-refractivity contribution in [1.82, 2.24) is 25.3 Å². The maximum absolute atomic E-state index is 13.9. The Balaban J connectivity index is 1.69. The Labute approximate surface area is 138 Å². The van der Waals surface area contributed by atoms with Crippen molar-refractivity contribution in [2.45, 2.75) is 19.5 Å². The fourth-order valence-corrected chi connectivity index (χ4v) is 2.30. The maximum Gasteiger partial charge on any atom is 0.273 e. The highest BCUT2D eigenvalue weighted by molar-refractivity contribution is 5.91. The maximum atomic E-state index is 13.9. The smallest absolute Gasteiger partial charge is 0.273 e. The van der Waals surface area contributed by atoms with E-state index in [0.29, 0.717) is 12.1 Å². The van der Waals surface area contributed by atoms with Crippen LogP contribution >= 0.6 is 0 Å². The number of nitrogens with zero attached hydrogens (tertiary/aromatic N) is 4. The first-order chi connectivity index (χ1) is 11.6. The van der Waals surface area contributed by atoms with E-state index in [9.17, 15) is 9.18 Å². The first-order valence-corrected chi connectivity index (χ1v) is 7.48. The molecule has 0 saturated carbocycles. The Bertz CT molecular complexity index is 834. The van der Waals surface area contributed by atoms with Crippen LogP contribution in [0.4, 0.5) is 4.39 Å². The number of amides is 1. The third-order valence-corrected chi connectivity index (χ3v) is 3.67. The highest BCUT2D eigenvalue weighted by Gasteiger charge is 2.16. The van der Waals surface area contributed by atoms with Crippen molar-refractivity contribution in [2.75, 3.05) is 0 Å². The van der Waals surface area contributed by atoms with Gasteiger partial charge in [0.15, 0.2) is 5.69 Å². The van der Waals surface area contributed by atoms with Gasteiger partial charge in [-0.25, -0.2) is 9.07 Å². The van der Waals surface area contributed by atoms with Crippen molar-refractivity contribution >= 4 is 5.91 Å². The van der Waals surface area contributed by atoms with Crippen LogP contribution in [0, 0.1) is 5.82 Å². The molecule has 6 nitrogen and oxygen atoms in total. The molecule has 0 fully saturated rings. The van der Waals surface area contributed by atoms with E-state index in [4.69, 9.17) is 0 Å². The molecule has 0 aliphatic carbocycles. The standard InChI is InChI=1S/C17H16FN5O/c1-12(14-6-2-3-7-15(14)18)23-11-16(21-22-23)17(24)20-10-13-5-4-8-19-9-13/h2-9,11-12H,10H2,1H3,(H,20,24). The van der Waals surface area contributed by atoms with E-state index in [-0.39, 0.29) is 23.5 Å². The van der Waals surface area contributed by atoms with Crippen molar-refractivity contribution in [1.29, 1.82) is 0 Å². The molecule has 0 saturated heterocycles. The Hall–Kier alpha value is -3.09. The lowest BCUT2D eigenvalue weighted by Crippen LogP contribution is -2.23. The van der Waals surface area contributed by atoms with E-state index >= 15 is 0 Å². The summed E-state index contributed by atoms with van der Waals surface area (Å²) in [6.45, 7) is 2.15. The minimum Gasteiger partial charge on any atom is -0.346 e. The van der Waals surface area contributed by atoms with Crippen LogP contribution in [0.2, 0.25) is 0 Å². The molecule has 0 aliphatic heterocycles. The van der Waals surface area contributed by atoms with Crippen LogP contribution in [-0.4, -0.2) is 25.9 Å². The molecule has 2 aromatic heterocycles. The number of nitrogens with one attached hydrogen (secondary N) is 1. The Kier molecular flexibility index (Phi) is 4.60. The molecule has 3 rings (SSSR count). The Morgan fingerprint density at radius 3 is 2.88 bits per heavy atom. The van der Waals surface area contributed by atoms with E-state index in [1.54, 1.807) is 43.6 Å². The van der Waals surface area contributed by atoms with Crippen molar-refractivity contribution in [3.05, 3.63) is 77.6 Å². The minimum absolute atomic E-state index is 0.182. The molecule has 7 heteroatoms. The number of carbonyl (C=O) groups excluding carboxylic acids is 1. The van der Waals surface area contributed by atoms with Crippen LogP contribution in [-0.2, 0) is 6.54 Å². The number of pyridine rings is 1. The van der Waals surface area contributed by atoms with Gasteiger partial charge < -0.3 is 5.32 Å². The van der Waals surface area contributed by atoms with Crippen molar-refractivity contribution in [3.8, 4) is 0 Å². The SMILES string of the molecule is CC(c1ccccc1F)n1cc(C(=O)NCc2cccnc2)nn1. The topological polar surface area (TPSA) is 72.7 Å². The van der Waals surface area contributed by atoms with Gasteiger partial charge >= 0.3 is 0 Å². The molecule has 1 atom stereocenters. The van der Waals surface area contributed by atoms with Gasteiger partial charge in [0.25, 0.3) is 5.91 Å². The molecular formula is C17H16FN5O. The number of hydrogen-bond acceptors (Lipinski definition) is 4. The predicted molar refractivity (Wildman–Crippen MR) is 85.6 cm³/mol. The zero-order chi connectivity index (χ0) is 16.9. The predicted octanol–water partition coefficient (Wildman–Crippen LogP) is 2.35. The van der Waals surface area contributed by atoms with Crippen LogP contribution in [0.1, 0.15) is 34.6 Å². The van der Waals surface area contributed by atoms with Gasteiger partial charge in [-0.1, -0.05) is 29.5 Å². The lowest BCUT2D eigenvalue weighted by Gasteiger charge is -2.12. The van der Waals surface area contributed by atoms with Crippen LogP contribution in [0.25, 0.3) is 0 Å². The molecule has 0 aliphatic rings. The largest absolute Gasteiger partial charge is 0.346 e. The van der Waals surface area contributed by atoms with Crippen molar-refractivity contribution in [3.63, 3.8) is 0 Å². The van der Waals surface area contributed by atoms with Gasteiger partial charge in [-0.15, -0.1) is 5.10 Å². The lowest BCUT2D eigenvalue weighted by atomic mass is 10.1. The van der Waals surface area contributed by atoms with E-state index in [1.165, 1.54) is 16.9 Å². The summed E-state index contributed by atoms with van der Waals surface area (Å²) >= 11 is 0. The summed E-state index contributed by atoms with van der Waals surface area (Å²) in [5.74, 6) is -0.658. The van der Waals surface area contributed by atoms with Gasteiger partial charge in [-0.05, 0) is 24.6 Å². The number of benzene rings is 1. The van der Waals surface area contributed by atoms with Crippen LogP contribution < -0.4 is 5.32 Å². The summed E-state index contributed by atoms with van der Waals surface area (Å²) in [6.07, 6.45) is 4.86. The van der Waals surface area contributed by atoms with E-state index in [2.05, 4.69) is 20.6 Å². The van der Waals surface area contributed by atoms with Gasteiger partial charge in [0.2, 0.25) is 0 Å². The number of carbonyl (C=O) groups is 1. The first kappa shape index (κ1) is 15.8. The second-order valence-corrected chi connectivity index (χ2v) is 5.33. The molecule has 0 bridgehead atoms. The minimum atomic E-state index is -0.362. The van der Waals surface area contributed by atoms with E-state index < -0.39 is 0 Å². The average molecular weight is 325 g/mol. The van der Waals surface area contributed by atoms with Crippen LogP contribution in [0.3, 0.4) is 0 Å². The van der Waals surface area contributed by atoms with Gasteiger partial charge in [0.05, 0.1) is 12.2 Å². The normalized spacial score (nSPS) is 11.9. The summed E-state index contributed by atoms with van der Waals surface area (Å²) in [7, 11) is 0. The molecule has 1 unspecified atom stereocenters. The number of rotatable bonds is 5. The summed E-state index contributed by atoms with van der Waals surface area (Å²) in [5, 5.41) is 10.6. The van der Waals surface area contributed by atoms with E-state index in [0.717, 1.165) is 5.56 Å². The summed E-state index contributed by atoms with van der Waals surface area (Å²) in [4.78, 5) is 16.1. The molecule has 1 amide bonds. The molecular weight excluding hydrogens is 309 g/mol. The number of halogens is 1. The van der Waals surface area contributed by atoms with Crippen LogP contribution in [0.5, 0.6) is 0 Å². The summed E-state index contributed by atoms with van der Waals surface area (Å²) in [5.41, 5.74) is 1.56. The monoisotopic (exact) mass is 325 g/mol. The second kappa shape index (κ2) is 6.99.